The molecule has 0 saturated carbocycles. The number of rotatable bonds is 1. The first-order valence-electron chi connectivity index (χ1n) is 8.46. The molecule has 0 radical (unpaired) electrons. The largest absolute Gasteiger partial charge is 0.336 e. The third-order valence-electron chi connectivity index (χ3n) is 5.00. The molecule has 2 aliphatic heterocycles. The molecule has 3 heterocycles. The summed E-state index contributed by atoms with van der Waals surface area (Å²) in [6.07, 6.45) is 5.58. The van der Waals surface area contributed by atoms with Crippen molar-refractivity contribution in [3.8, 4) is 0 Å². The highest BCUT2D eigenvalue weighted by Gasteiger charge is 2.32. The van der Waals surface area contributed by atoms with Crippen LogP contribution in [-0.4, -0.2) is 57.7 Å². The van der Waals surface area contributed by atoms with E-state index >= 15 is 0 Å². The Morgan fingerprint density at radius 1 is 1.23 bits per heavy atom. The maximum Gasteiger partial charge on any atom is 0.257 e. The molecule has 1 atom stereocenters. The molecule has 2 saturated heterocycles. The van der Waals surface area contributed by atoms with Crippen LogP contribution in [0.2, 0.25) is 0 Å². The fourth-order valence-electron chi connectivity index (χ4n) is 3.81. The van der Waals surface area contributed by atoms with Crippen LogP contribution in [0.15, 0.2) is 6.20 Å². The van der Waals surface area contributed by atoms with Gasteiger partial charge in [-0.15, -0.1) is 0 Å². The number of aromatic nitrogens is 2. The SMILES string of the molecule is Cc1c(C(=O)N2CCN3CCCC[C@H]3C2)cnn1C(C)(C)C. The van der Waals surface area contributed by atoms with E-state index in [1.807, 2.05) is 16.5 Å². The van der Waals surface area contributed by atoms with Crippen molar-refractivity contribution in [2.45, 2.75) is 58.5 Å². The summed E-state index contributed by atoms with van der Waals surface area (Å²) >= 11 is 0. The molecular formula is C17H28N4O. The minimum Gasteiger partial charge on any atom is -0.336 e. The predicted molar refractivity (Wildman–Crippen MR) is 87.1 cm³/mol. The van der Waals surface area contributed by atoms with Crippen LogP contribution < -0.4 is 0 Å². The smallest absolute Gasteiger partial charge is 0.257 e. The quantitative estimate of drug-likeness (QED) is 0.799. The van der Waals surface area contributed by atoms with E-state index in [9.17, 15) is 4.79 Å². The first-order valence-corrected chi connectivity index (χ1v) is 8.46. The van der Waals surface area contributed by atoms with E-state index in [1.54, 1.807) is 6.20 Å². The van der Waals surface area contributed by atoms with Crippen molar-refractivity contribution >= 4 is 5.91 Å². The Morgan fingerprint density at radius 3 is 2.68 bits per heavy atom. The standard InChI is InChI=1S/C17H28N4O/c1-13-15(11-18-21(13)17(2,3)4)16(22)20-10-9-19-8-6-5-7-14(19)12-20/h11,14H,5-10,12H2,1-4H3/t14-/m0/s1. The summed E-state index contributed by atoms with van der Waals surface area (Å²) in [6, 6.07) is 0.560. The number of carbonyl (C=O) groups is 1. The Morgan fingerprint density at radius 2 is 2.00 bits per heavy atom. The van der Waals surface area contributed by atoms with Gasteiger partial charge in [0.05, 0.1) is 17.3 Å². The van der Waals surface area contributed by atoms with Gasteiger partial charge in [0.15, 0.2) is 0 Å². The number of piperazine rings is 1. The van der Waals surface area contributed by atoms with Crippen molar-refractivity contribution in [1.29, 1.82) is 0 Å². The van der Waals surface area contributed by atoms with Crippen molar-refractivity contribution < 1.29 is 4.79 Å². The molecule has 0 bridgehead atoms. The molecule has 0 aliphatic carbocycles. The van der Waals surface area contributed by atoms with Crippen LogP contribution in [0.1, 0.15) is 56.1 Å². The number of nitrogens with zero attached hydrogens (tertiary/aromatic N) is 4. The fourth-order valence-corrected chi connectivity index (χ4v) is 3.81. The van der Waals surface area contributed by atoms with Crippen LogP contribution in [0.3, 0.4) is 0 Å². The fraction of sp³-hybridized carbons (Fsp3) is 0.765. The van der Waals surface area contributed by atoms with Crippen molar-refractivity contribution in [1.82, 2.24) is 19.6 Å². The van der Waals surface area contributed by atoms with Gasteiger partial charge in [0, 0.05) is 31.4 Å². The van der Waals surface area contributed by atoms with Gasteiger partial charge < -0.3 is 4.90 Å². The van der Waals surface area contributed by atoms with E-state index in [4.69, 9.17) is 0 Å². The van der Waals surface area contributed by atoms with Gasteiger partial charge in [0.2, 0.25) is 0 Å². The van der Waals surface area contributed by atoms with Crippen LogP contribution in [-0.2, 0) is 5.54 Å². The molecule has 3 rings (SSSR count). The molecular weight excluding hydrogens is 276 g/mol. The molecule has 22 heavy (non-hydrogen) atoms. The Bertz CT molecular complexity index is 557. The highest BCUT2D eigenvalue weighted by atomic mass is 16.2. The zero-order valence-electron chi connectivity index (χ0n) is 14.3. The first kappa shape index (κ1) is 15.5. The van der Waals surface area contributed by atoms with Gasteiger partial charge in [-0.1, -0.05) is 6.42 Å². The molecule has 2 fully saturated rings. The Kier molecular flexibility index (Phi) is 4.02. The summed E-state index contributed by atoms with van der Waals surface area (Å²) in [7, 11) is 0. The van der Waals surface area contributed by atoms with Crippen molar-refractivity contribution in [3.05, 3.63) is 17.5 Å². The molecule has 0 aromatic carbocycles. The van der Waals surface area contributed by atoms with Crippen molar-refractivity contribution in [2.75, 3.05) is 26.2 Å². The number of carbonyl (C=O) groups excluding carboxylic acids is 1. The first-order chi connectivity index (χ1) is 10.4. The summed E-state index contributed by atoms with van der Waals surface area (Å²) in [4.78, 5) is 17.5. The molecule has 5 nitrogen and oxygen atoms in total. The summed E-state index contributed by atoms with van der Waals surface area (Å²) in [6.45, 7) is 12.3. The predicted octanol–water partition coefficient (Wildman–Crippen LogP) is 2.26. The zero-order valence-corrected chi connectivity index (χ0v) is 14.3. The van der Waals surface area contributed by atoms with Crippen LogP contribution in [0.4, 0.5) is 0 Å². The average molecular weight is 304 g/mol. The molecule has 1 aromatic rings. The highest BCUT2D eigenvalue weighted by Crippen LogP contribution is 2.24. The minimum atomic E-state index is -0.0926. The second-order valence-corrected chi connectivity index (χ2v) is 7.66. The van der Waals surface area contributed by atoms with E-state index in [0.29, 0.717) is 6.04 Å². The van der Waals surface area contributed by atoms with Crippen LogP contribution >= 0.6 is 0 Å². The second-order valence-electron chi connectivity index (χ2n) is 7.66. The van der Waals surface area contributed by atoms with Crippen LogP contribution in [0.5, 0.6) is 0 Å². The topological polar surface area (TPSA) is 41.4 Å². The lowest BCUT2D eigenvalue weighted by Crippen LogP contribution is -2.56. The number of amides is 1. The maximum atomic E-state index is 12.9. The monoisotopic (exact) mass is 304 g/mol. The van der Waals surface area contributed by atoms with Crippen LogP contribution in [0.25, 0.3) is 0 Å². The van der Waals surface area contributed by atoms with Gasteiger partial charge >= 0.3 is 0 Å². The maximum absolute atomic E-state index is 12.9. The third kappa shape index (κ3) is 2.78. The van der Waals surface area contributed by atoms with E-state index in [2.05, 4.69) is 30.8 Å². The lowest BCUT2D eigenvalue weighted by molar-refractivity contribution is 0.0372. The summed E-state index contributed by atoms with van der Waals surface area (Å²) in [5.41, 5.74) is 1.65. The van der Waals surface area contributed by atoms with Gasteiger partial charge in [-0.05, 0) is 47.1 Å². The van der Waals surface area contributed by atoms with Crippen LogP contribution in [0, 0.1) is 6.92 Å². The van der Waals surface area contributed by atoms with Gasteiger partial charge in [-0.2, -0.15) is 5.10 Å². The Hall–Kier alpha value is -1.36. The molecule has 0 N–H and O–H groups in total. The molecule has 5 heteroatoms. The number of fused-ring (bicyclic) bond motifs is 1. The van der Waals surface area contributed by atoms with Gasteiger partial charge in [-0.3, -0.25) is 14.4 Å². The molecule has 2 aliphatic rings. The number of hydrogen-bond donors (Lipinski definition) is 0. The van der Waals surface area contributed by atoms with E-state index in [0.717, 1.165) is 30.9 Å². The molecule has 122 valence electrons. The van der Waals surface area contributed by atoms with Gasteiger partial charge in [0.25, 0.3) is 5.91 Å². The number of hydrogen-bond acceptors (Lipinski definition) is 3. The Labute approximate surface area is 133 Å². The van der Waals surface area contributed by atoms with E-state index in [-0.39, 0.29) is 11.4 Å². The lowest BCUT2D eigenvalue weighted by atomic mass is 9.99. The minimum absolute atomic E-state index is 0.0926. The second kappa shape index (κ2) is 5.69. The summed E-state index contributed by atoms with van der Waals surface area (Å²) in [5.74, 6) is 0.151. The normalized spacial score (nSPS) is 23.5. The Balaban J connectivity index is 1.76. The van der Waals surface area contributed by atoms with Gasteiger partial charge in [-0.25, -0.2) is 0 Å². The van der Waals surface area contributed by atoms with Gasteiger partial charge in [0.1, 0.15) is 0 Å². The summed E-state index contributed by atoms with van der Waals surface area (Å²) in [5, 5.41) is 4.44. The zero-order chi connectivity index (χ0) is 15.9. The van der Waals surface area contributed by atoms with Crippen molar-refractivity contribution in [3.63, 3.8) is 0 Å². The molecule has 1 aromatic heterocycles. The third-order valence-corrected chi connectivity index (χ3v) is 5.00. The molecule has 1 amide bonds. The lowest BCUT2D eigenvalue weighted by Gasteiger charge is -2.44. The van der Waals surface area contributed by atoms with E-state index < -0.39 is 0 Å². The van der Waals surface area contributed by atoms with E-state index in [1.165, 1.54) is 25.8 Å². The average Bonchev–Trinajstić information content (AvgIpc) is 2.87. The highest BCUT2D eigenvalue weighted by molar-refractivity contribution is 5.95. The number of piperidine rings is 1. The summed E-state index contributed by atoms with van der Waals surface area (Å²) < 4.78 is 1.96. The molecule has 0 unspecified atom stereocenters. The van der Waals surface area contributed by atoms with Crippen molar-refractivity contribution in [2.24, 2.45) is 0 Å². The molecule has 0 spiro atoms.